The first-order valence-corrected chi connectivity index (χ1v) is 12.4. The molecule has 0 bridgehead atoms. The van der Waals surface area contributed by atoms with Crippen LogP contribution in [0.15, 0.2) is 71.6 Å². The fourth-order valence-electron chi connectivity index (χ4n) is 2.98. The van der Waals surface area contributed by atoms with Crippen LogP contribution in [0.25, 0.3) is 0 Å². The third kappa shape index (κ3) is 6.41. The summed E-state index contributed by atoms with van der Waals surface area (Å²) >= 11 is 12.3. The third-order valence-corrected chi connectivity index (χ3v) is 7.50. The van der Waals surface area contributed by atoms with Gasteiger partial charge in [0.25, 0.3) is 10.0 Å². The van der Waals surface area contributed by atoms with Gasteiger partial charge < -0.3 is 10.1 Å². The van der Waals surface area contributed by atoms with Gasteiger partial charge in [-0.3, -0.25) is 9.10 Å². The summed E-state index contributed by atoms with van der Waals surface area (Å²) in [7, 11) is -3.99. The Morgan fingerprint density at radius 2 is 1.58 bits per heavy atom. The Labute approximate surface area is 204 Å². The normalized spacial score (nSPS) is 11.2. The van der Waals surface area contributed by atoms with Gasteiger partial charge in [0.2, 0.25) is 5.91 Å². The number of sulfonamides is 1. The van der Waals surface area contributed by atoms with Crippen molar-refractivity contribution in [1.29, 1.82) is 0 Å². The standard InChI is InChI=1S/C24H24Cl2N2O4S/c1-17-8-10-19(14-22(17)25)28(33(30,31)21-6-4-3-5-7-21)16-24(29)27-12-13-32-20-11-9-18(2)23(26)15-20/h3-11,14-15H,12-13,16H2,1-2H3,(H,27,29). The van der Waals surface area contributed by atoms with Crippen LogP contribution in [0.4, 0.5) is 5.69 Å². The third-order valence-electron chi connectivity index (χ3n) is 4.90. The lowest BCUT2D eigenvalue weighted by Gasteiger charge is -2.24. The molecule has 33 heavy (non-hydrogen) atoms. The predicted octanol–water partition coefficient (Wildman–Crippen LogP) is 5.00. The summed E-state index contributed by atoms with van der Waals surface area (Å²) in [4.78, 5) is 12.7. The molecule has 1 amide bonds. The van der Waals surface area contributed by atoms with Gasteiger partial charge in [0, 0.05) is 10.0 Å². The number of nitrogens with one attached hydrogen (secondary N) is 1. The number of anilines is 1. The van der Waals surface area contributed by atoms with Crippen LogP contribution in [0.5, 0.6) is 5.75 Å². The average molecular weight is 507 g/mol. The zero-order valence-corrected chi connectivity index (χ0v) is 20.5. The topological polar surface area (TPSA) is 75.7 Å². The van der Waals surface area contributed by atoms with Gasteiger partial charge in [-0.2, -0.15) is 0 Å². The molecule has 0 heterocycles. The summed E-state index contributed by atoms with van der Waals surface area (Å²) in [5.41, 5.74) is 2.04. The SMILES string of the molecule is Cc1ccc(OCCNC(=O)CN(c2ccc(C)c(Cl)c2)S(=O)(=O)c2ccccc2)cc1Cl. The number of rotatable bonds is 9. The Kier molecular flexibility index (Phi) is 8.24. The number of amides is 1. The first-order chi connectivity index (χ1) is 15.7. The number of hydrogen-bond donors (Lipinski definition) is 1. The molecule has 0 aliphatic heterocycles. The maximum Gasteiger partial charge on any atom is 0.264 e. The van der Waals surface area contributed by atoms with Gasteiger partial charge in [0.05, 0.1) is 17.1 Å². The maximum atomic E-state index is 13.3. The second-order valence-corrected chi connectivity index (χ2v) is 10.0. The summed E-state index contributed by atoms with van der Waals surface area (Å²) in [6, 6.07) is 18.1. The van der Waals surface area contributed by atoms with Gasteiger partial charge in [-0.25, -0.2) is 8.42 Å². The fourth-order valence-corrected chi connectivity index (χ4v) is 4.76. The van der Waals surface area contributed by atoms with Crippen molar-refractivity contribution in [3.8, 4) is 5.75 Å². The molecule has 0 radical (unpaired) electrons. The monoisotopic (exact) mass is 506 g/mol. The van der Waals surface area contributed by atoms with E-state index in [1.165, 1.54) is 18.2 Å². The van der Waals surface area contributed by atoms with Gasteiger partial charge in [0.1, 0.15) is 18.9 Å². The van der Waals surface area contributed by atoms with Gasteiger partial charge in [-0.1, -0.05) is 53.5 Å². The number of carbonyl (C=O) groups is 1. The molecule has 0 fully saturated rings. The molecule has 0 spiro atoms. The minimum absolute atomic E-state index is 0.0779. The highest BCUT2D eigenvalue weighted by molar-refractivity contribution is 7.92. The van der Waals surface area contributed by atoms with Crippen LogP contribution in [0, 0.1) is 13.8 Å². The van der Waals surface area contributed by atoms with Crippen molar-refractivity contribution in [3.63, 3.8) is 0 Å². The minimum Gasteiger partial charge on any atom is -0.492 e. The second-order valence-electron chi connectivity index (χ2n) is 7.37. The average Bonchev–Trinajstić information content (AvgIpc) is 2.80. The van der Waals surface area contributed by atoms with Gasteiger partial charge >= 0.3 is 0 Å². The van der Waals surface area contributed by atoms with Crippen LogP contribution >= 0.6 is 23.2 Å². The number of nitrogens with zero attached hydrogens (tertiary/aromatic N) is 1. The van der Waals surface area contributed by atoms with Crippen LogP contribution < -0.4 is 14.4 Å². The molecule has 0 aromatic heterocycles. The molecule has 0 unspecified atom stereocenters. The van der Waals surface area contributed by atoms with Gasteiger partial charge in [0.15, 0.2) is 0 Å². The Hall–Kier alpha value is -2.74. The summed E-state index contributed by atoms with van der Waals surface area (Å²) in [5.74, 6) is 0.110. The highest BCUT2D eigenvalue weighted by atomic mass is 35.5. The minimum atomic E-state index is -3.99. The number of ether oxygens (including phenoxy) is 1. The fraction of sp³-hybridized carbons (Fsp3) is 0.208. The quantitative estimate of drug-likeness (QED) is 0.414. The molecule has 0 aliphatic rings. The zero-order valence-electron chi connectivity index (χ0n) is 18.2. The highest BCUT2D eigenvalue weighted by Gasteiger charge is 2.27. The van der Waals surface area contributed by atoms with Crippen molar-refractivity contribution < 1.29 is 17.9 Å². The zero-order chi connectivity index (χ0) is 24.0. The first-order valence-electron chi connectivity index (χ1n) is 10.2. The van der Waals surface area contributed by atoms with E-state index < -0.39 is 22.5 Å². The van der Waals surface area contributed by atoms with E-state index in [4.69, 9.17) is 27.9 Å². The number of benzene rings is 3. The van der Waals surface area contributed by atoms with Crippen molar-refractivity contribution in [2.45, 2.75) is 18.7 Å². The van der Waals surface area contributed by atoms with E-state index >= 15 is 0 Å². The predicted molar refractivity (Wildman–Crippen MR) is 132 cm³/mol. The van der Waals surface area contributed by atoms with E-state index in [0.29, 0.717) is 21.5 Å². The van der Waals surface area contributed by atoms with Crippen molar-refractivity contribution in [1.82, 2.24) is 5.32 Å². The van der Waals surface area contributed by atoms with E-state index in [9.17, 15) is 13.2 Å². The number of carbonyl (C=O) groups excluding carboxylic acids is 1. The summed E-state index contributed by atoms with van der Waals surface area (Å²) in [5, 5.41) is 3.69. The molecule has 1 N–H and O–H groups in total. The smallest absolute Gasteiger partial charge is 0.264 e. The lowest BCUT2D eigenvalue weighted by atomic mass is 10.2. The lowest BCUT2D eigenvalue weighted by molar-refractivity contribution is -0.119. The van der Waals surface area contributed by atoms with Gasteiger partial charge in [-0.15, -0.1) is 0 Å². The molecular weight excluding hydrogens is 483 g/mol. The first kappa shape index (κ1) is 24.9. The van der Waals surface area contributed by atoms with E-state index in [1.54, 1.807) is 42.5 Å². The van der Waals surface area contributed by atoms with Crippen molar-refractivity contribution >= 4 is 44.8 Å². The summed E-state index contributed by atoms with van der Waals surface area (Å²) < 4.78 is 33.3. The van der Waals surface area contributed by atoms with Crippen molar-refractivity contribution in [2.24, 2.45) is 0 Å². The largest absolute Gasteiger partial charge is 0.492 e. The molecule has 0 saturated carbocycles. The van der Waals surface area contributed by atoms with Crippen molar-refractivity contribution in [2.75, 3.05) is 24.0 Å². The lowest BCUT2D eigenvalue weighted by Crippen LogP contribution is -2.42. The highest BCUT2D eigenvalue weighted by Crippen LogP contribution is 2.28. The van der Waals surface area contributed by atoms with Gasteiger partial charge in [-0.05, 0) is 61.4 Å². The Morgan fingerprint density at radius 3 is 2.21 bits per heavy atom. The summed E-state index contributed by atoms with van der Waals surface area (Å²) in [6.07, 6.45) is 0. The molecule has 6 nitrogen and oxygen atoms in total. The van der Waals surface area contributed by atoms with Crippen LogP contribution in [-0.2, 0) is 14.8 Å². The molecule has 174 valence electrons. The van der Waals surface area contributed by atoms with Crippen LogP contribution in [0.3, 0.4) is 0 Å². The molecular formula is C24H24Cl2N2O4S. The molecule has 3 rings (SSSR count). The molecule has 0 saturated heterocycles. The number of halogens is 2. The molecule has 0 aliphatic carbocycles. The molecule has 3 aromatic carbocycles. The van der Waals surface area contributed by atoms with Crippen LogP contribution in [-0.4, -0.2) is 34.0 Å². The van der Waals surface area contributed by atoms with Crippen LogP contribution in [0.1, 0.15) is 11.1 Å². The molecule has 3 aromatic rings. The Bertz CT molecular complexity index is 1230. The maximum absolute atomic E-state index is 13.3. The number of aryl methyl sites for hydroxylation is 2. The number of hydrogen-bond acceptors (Lipinski definition) is 4. The molecule has 9 heteroatoms. The second kappa shape index (κ2) is 10.9. The Morgan fingerprint density at radius 1 is 0.939 bits per heavy atom. The van der Waals surface area contributed by atoms with E-state index in [0.717, 1.165) is 15.4 Å². The van der Waals surface area contributed by atoms with E-state index in [1.807, 2.05) is 19.9 Å². The van der Waals surface area contributed by atoms with Crippen molar-refractivity contribution in [3.05, 3.63) is 87.9 Å². The Balaban J connectivity index is 1.71. The van der Waals surface area contributed by atoms with E-state index in [-0.39, 0.29) is 18.0 Å². The van der Waals surface area contributed by atoms with Crippen LogP contribution in [0.2, 0.25) is 10.0 Å². The summed E-state index contributed by atoms with van der Waals surface area (Å²) in [6.45, 7) is 3.69. The molecule has 0 atom stereocenters. The van der Waals surface area contributed by atoms with E-state index in [2.05, 4.69) is 5.32 Å².